The number of hydrogen-bond donors (Lipinski definition) is 2. The molecule has 10 heteroatoms. The molecule has 2 aromatic rings. The van der Waals surface area contributed by atoms with Gasteiger partial charge in [-0.2, -0.15) is 5.01 Å². The number of urea groups is 1. The third kappa shape index (κ3) is 2.56. The molecule has 10 nitrogen and oxygen atoms in total. The van der Waals surface area contributed by atoms with Gasteiger partial charge in [-0.05, 0) is 0 Å². The fourth-order valence-electron chi connectivity index (χ4n) is 1.49. The van der Waals surface area contributed by atoms with Gasteiger partial charge in [0.15, 0.2) is 11.2 Å². The van der Waals surface area contributed by atoms with Crippen molar-refractivity contribution in [1.29, 1.82) is 0 Å². The highest BCUT2D eigenvalue weighted by Gasteiger charge is 2.09. The number of nitrogens with one attached hydrogen (secondary N) is 2. The monoisotopic (exact) mass is 265 g/mol. The minimum atomic E-state index is -0.606. The average molecular weight is 265 g/mol. The van der Waals surface area contributed by atoms with Crippen LogP contribution < -0.4 is 10.9 Å². The highest BCUT2D eigenvalue weighted by Crippen LogP contribution is 2.02. The first-order chi connectivity index (χ1) is 9.13. The molecule has 2 heterocycles. The second-order valence-corrected chi connectivity index (χ2v) is 3.68. The average Bonchev–Trinajstić information content (AvgIpc) is 2.82. The zero-order valence-electron chi connectivity index (χ0n) is 10.0. The van der Waals surface area contributed by atoms with Crippen molar-refractivity contribution in [3.63, 3.8) is 0 Å². The van der Waals surface area contributed by atoms with Crippen molar-refractivity contribution in [2.24, 2.45) is 5.29 Å². The van der Waals surface area contributed by atoms with Crippen molar-refractivity contribution in [3.05, 3.63) is 27.9 Å². The number of carbonyl (C=O) groups excluding carboxylic acids is 1. The summed E-state index contributed by atoms with van der Waals surface area (Å²) in [5.41, 5.74) is 0.345. The lowest BCUT2D eigenvalue weighted by molar-refractivity contribution is 0.209. The summed E-state index contributed by atoms with van der Waals surface area (Å²) in [6.45, 7) is 0.615. The summed E-state index contributed by atoms with van der Waals surface area (Å²) in [7, 11) is 1.25. The minimum Gasteiger partial charge on any atom is -0.335 e. The molecule has 0 saturated heterocycles. The van der Waals surface area contributed by atoms with Crippen molar-refractivity contribution in [2.45, 2.75) is 6.54 Å². The van der Waals surface area contributed by atoms with Crippen LogP contribution in [0.5, 0.6) is 0 Å². The SMILES string of the molecule is CN(N=O)C(=O)NCCn1cnc2c(=O)[nH]cnc21. The Kier molecular flexibility index (Phi) is 3.50. The molecule has 0 radical (unpaired) electrons. The Labute approximate surface area is 106 Å². The summed E-state index contributed by atoms with van der Waals surface area (Å²) in [5.74, 6) is 0. The molecule has 0 spiro atoms. The molecule has 100 valence electrons. The molecule has 0 atom stereocenters. The second-order valence-electron chi connectivity index (χ2n) is 3.68. The molecule has 0 aliphatic rings. The van der Waals surface area contributed by atoms with E-state index in [9.17, 15) is 14.5 Å². The van der Waals surface area contributed by atoms with Gasteiger partial charge in [-0.3, -0.25) is 4.79 Å². The molecular formula is C9H11N7O3. The number of fused-ring (bicyclic) bond motifs is 1. The standard InChI is InChI=1S/C9H11N7O3/c1-15(14-19)9(18)10-2-3-16-5-13-6-7(16)11-4-12-8(6)17/h4-5H,2-3H2,1H3,(H,10,18)(H,11,12,17). The van der Waals surface area contributed by atoms with Gasteiger partial charge >= 0.3 is 6.03 Å². The molecule has 2 amide bonds. The van der Waals surface area contributed by atoms with E-state index in [-0.39, 0.29) is 17.6 Å². The topological polar surface area (TPSA) is 125 Å². The summed E-state index contributed by atoms with van der Waals surface area (Å²) in [6.07, 6.45) is 2.74. The molecule has 2 N–H and O–H groups in total. The fraction of sp³-hybridized carbons (Fsp3) is 0.333. The largest absolute Gasteiger partial charge is 0.340 e. The van der Waals surface area contributed by atoms with Gasteiger partial charge in [0.05, 0.1) is 17.9 Å². The molecule has 0 fully saturated rings. The van der Waals surface area contributed by atoms with Crippen LogP contribution in [0.1, 0.15) is 0 Å². The van der Waals surface area contributed by atoms with Crippen molar-refractivity contribution in [3.8, 4) is 0 Å². The Morgan fingerprint density at radius 2 is 2.37 bits per heavy atom. The predicted octanol–water partition coefficient (Wildman–Crippen LogP) is -0.558. The number of aromatic amines is 1. The molecule has 0 bridgehead atoms. The van der Waals surface area contributed by atoms with Gasteiger partial charge in [0.1, 0.15) is 0 Å². The Hall–Kier alpha value is -2.78. The Morgan fingerprint density at radius 3 is 3.11 bits per heavy atom. The first kappa shape index (κ1) is 12.7. The quantitative estimate of drug-likeness (QED) is 0.566. The normalized spacial score (nSPS) is 10.4. The maximum Gasteiger partial charge on any atom is 0.340 e. The summed E-state index contributed by atoms with van der Waals surface area (Å²) in [6, 6.07) is -0.606. The molecule has 2 aromatic heterocycles. The van der Waals surface area contributed by atoms with Gasteiger partial charge in [-0.15, -0.1) is 4.91 Å². The number of imidazole rings is 1. The highest BCUT2D eigenvalue weighted by molar-refractivity contribution is 5.73. The zero-order valence-corrected chi connectivity index (χ0v) is 10.0. The third-order valence-electron chi connectivity index (χ3n) is 2.45. The summed E-state index contributed by atoms with van der Waals surface area (Å²) >= 11 is 0. The van der Waals surface area contributed by atoms with E-state index >= 15 is 0 Å². The number of aromatic nitrogens is 4. The van der Waals surface area contributed by atoms with Crippen LogP contribution in [-0.4, -0.2) is 44.2 Å². The molecule has 0 aliphatic carbocycles. The van der Waals surface area contributed by atoms with Gasteiger partial charge in [0, 0.05) is 20.1 Å². The van der Waals surface area contributed by atoms with Crippen LogP contribution in [0.4, 0.5) is 4.79 Å². The fourth-order valence-corrected chi connectivity index (χ4v) is 1.49. The number of amides is 2. The lowest BCUT2D eigenvalue weighted by atomic mass is 10.5. The molecule has 0 saturated carbocycles. The summed E-state index contributed by atoms with van der Waals surface area (Å²) in [5, 5.41) is 5.59. The Morgan fingerprint density at radius 1 is 1.58 bits per heavy atom. The molecular weight excluding hydrogens is 254 g/mol. The lowest BCUT2D eigenvalue weighted by Gasteiger charge is -2.09. The van der Waals surface area contributed by atoms with Crippen molar-refractivity contribution in [2.75, 3.05) is 13.6 Å². The van der Waals surface area contributed by atoms with E-state index in [4.69, 9.17) is 0 Å². The van der Waals surface area contributed by atoms with Crippen LogP contribution in [-0.2, 0) is 6.54 Å². The van der Waals surface area contributed by atoms with Gasteiger partial charge in [-0.25, -0.2) is 14.8 Å². The van der Waals surface area contributed by atoms with Crippen molar-refractivity contribution in [1.82, 2.24) is 29.8 Å². The Balaban J connectivity index is 2.03. The zero-order chi connectivity index (χ0) is 13.8. The number of rotatable bonds is 4. The van der Waals surface area contributed by atoms with E-state index in [0.717, 1.165) is 0 Å². The van der Waals surface area contributed by atoms with Crippen LogP contribution in [0.3, 0.4) is 0 Å². The summed E-state index contributed by atoms with van der Waals surface area (Å²) in [4.78, 5) is 43.1. The van der Waals surface area contributed by atoms with Crippen LogP contribution in [0, 0.1) is 4.91 Å². The maximum absolute atomic E-state index is 11.4. The predicted molar refractivity (Wildman–Crippen MR) is 65.1 cm³/mol. The van der Waals surface area contributed by atoms with E-state index in [2.05, 4.69) is 25.6 Å². The van der Waals surface area contributed by atoms with E-state index in [1.165, 1.54) is 19.7 Å². The molecule has 0 unspecified atom stereocenters. The lowest BCUT2D eigenvalue weighted by Crippen LogP contribution is -2.35. The van der Waals surface area contributed by atoms with Crippen LogP contribution in [0.25, 0.3) is 11.2 Å². The van der Waals surface area contributed by atoms with E-state index in [0.29, 0.717) is 17.2 Å². The van der Waals surface area contributed by atoms with Gasteiger partial charge in [-0.1, -0.05) is 0 Å². The highest BCUT2D eigenvalue weighted by atomic mass is 16.3. The molecule has 0 aliphatic heterocycles. The van der Waals surface area contributed by atoms with Gasteiger partial charge < -0.3 is 14.9 Å². The second kappa shape index (κ2) is 5.25. The van der Waals surface area contributed by atoms with Crippen LogP contribution >= 0.6 is 0 Å². The third-order valence-corrected chi connectivity index (χ3v) is 2.45. The minimum absolute atomic E-state index is 0.237. The maximum atomic E-state index is 11.4. The smallest absolute Gasteiger partial charge is 0.335 e. The molecule has 0 aromatic carbocycles. The van der Waals surface area contributed by atoms with Crippen LogP contribution in [0.2, 0.25) is 0 Å². The summed E-state index contributed by atoms with van der Waals surface area (Å²) < 4.78 is 1.62. The number of carbonyl (C=O) groups is 1. The van der Waals surface area contributed by atoms with E-state index in [1.54, 1.807) is 4.57 Å². The number of H-pyrrole nitrogens is 1. The van der Waals surface area contributed by atoms with E-state index < -0.39 is 6.03 Å². The number of nitrogens with zero attached hydrogens (tertiary/aromatic N) is 5. The first-order valence-corrected chi connectivity index (χ1v) is 5.37. The van der Waals surface area contributed by atoms with Crippen molar-refractivity contribution >= 4 is 17.2 Å². The van der Waals surface area contributed by atoms with Gasteiger partial charge in [0.25, 0.3) is 5.56 Å². The number of hydrogen-bond acceptors (Lipinski definition) is 6. The Bertz CT molecular complexity index is 661. The van der Waals surface area contributed by atoms with Gasteiger partial charge in [0.2, 0.25) is 0 Å². The molecule has 19 heavy (non-hydrogen) atoms. The number of nitroso groups, excluding NO2 is 1. The van der Waals surface area contributed by atoms with E-state index in [1.807, 2.05) is 0 Å². The van der Waals surface area contributed by atoms with Crippen LogP contribution in [0.15, 0.2) is 22.7 Å². The van der Waals surface area contributed by atoms with Crippen molar-refractivity contribution < 1.29 is 4.79 Å². The molecule has 2 rings (SSSR count). The first-order valence-electron chi connectivity index (χ1n) is 5.37.